The van der Waals surface area contributed by atoms with Crippen molar-refractivity contribution < 1.29 is 4.42 Å². The molecule has 0 aliphatic heterocycles. The number of aromatic nitrogens is 2. The molecule has 0 bridgehead atoms. The summed E-state index contributed by atoms with van der Waals surface area (Å²) in [5.74, 6) is 0.701. The van der Waals surface area contributed by atoms with Gasteiger partial charge in [0.05, 0.1) is 11.4 Å². The summed E-state index contributed by atoms with van der Waals surface area (Å²) in [5, 5.41) is 6.91. The molecule has 0 aliphatic rings. The zero-order valence-corrected chi connectivity index (χ0v) is 27.6. The van der Waals surface area contributed by atoms with E-state index >= 15 is 0 Å². The maximum absolute atomic E-state index is 6.37. The minimum atomic E-state index is 0.701. The molecule has 0 N–H and O–H groups in total. The van der Waals surface area contributed by atoms with Gasteiger partial charge < -0.3 is 4.42 Å². The van der Waals surface area contributed by atoms with Gasteiger partial charge in [-0.25, -0.2) is 9.97 Å². The average Bonchev–Trinajstić information content (AvgIpc) is 3.59. The van der Waals surface area contributed by atoms with Gasteiger partial charge in [-0.2, -0.15) is 0 Å². The number of hydrogen-bond acceptors (Lipinski definition) is 3. The van der Waals surface area contributed by atoms with Crippen molar-refractivity contribution in [1.82, 2.24) is 9.97 Å². The first-order chi connectivity index (χ1) is 25.2. The topological polar surface area (TPSA) is 38.9 Å². The van der Waals surface area contributed by atoms with Gasteiger partial charge in [-0.15, -0.1) is 0 Å². The summed E-state index contributed by atoms with van der Waals surface area (Å²) in [7, 11) is 0. The van der Waals surface area contributed by atoms with E-state index in [0.717, 1.165) is 82.9 Å². The normalized spacial score (nSPS) is 11.5. The number of hydrogen-bond donors (Lipinski definition) is 0. The van der Waals surface area contributed by atoms with E-state index in [1.54, 1.807) is 0 Å². The highest BCUT2D eigenvalue weighted by atomic mass is 16.3. The van der Waals surface area contributed by atoms with Gasteiger partial charge in [0.1, 0.15) is 11.2 Å². The summed E-state index contributed by atoms with van der Waals surface area (Å²) < 4.78 is 6.37. The molecule has 2 heterocycles. The van der Waals surface area contributed by atoms with Gasteiger partial charge in [0, 0.05) is 33.0 Å². The van der Waals surface area contributed by atoms with Crippen LogP contribution in [-0.2, 0) is 0 Å². The molecule has 0 unspecified atom stereocenters. The Bertz CT molecular complexity index is 2910. The number of para-hydroxylation sites is 2. The third-order valence-electron chi connectivity index (χ3n) is 9.85. The summed E-state index contributed by atoms with van der Waals surface area (Å²) in [4.78, 5) is 10.4. The Labute approximate surface area is 295 Å². The van der Waals surface area contributed by atoms with E-state index in [1.165, 1.54) is 10.9 Å². The molecule has 0 saturated carbocycles. The summed E-state index contributed by atoms with van der Waals surface area (Å²) in [6.45, 7) is 0. The van der Waals surface area contributed by atoms with E-state index in [0.29, 0.717) is 5.82 Å². The lowest BCUT2D eigenvalue weighted by molar-refractivity contribution is 0.670. The predicted molar refractivity (Wildman–Crippen MR) is 212 cm³/mol. The number of rotatable bonds is 5. The molecule has 0 saturated heterocycles. The Balaban J connectivity index is 1.12. The molecule has 0 atom stereocenters. The van der Waals surface area contributed by atoms with Crippen LogP contribution in [0.2, 0.25) is 0 Å². The highest BCUT2D eigenvalue weighted by Gasteiger charge is 2.16. The molecular formula is C48H30N2O. The third kappa shape index (κ3) is 5.15. The second-order valence-corrected chi connectivity index (χ2v) is 13.0. The van der Waals surface area contributed by atoms with Crippen molar-refractivity contribution in [3.63, 3.8) is 0 Å². The van der Waals surface area contributed by atoms with Crippen molar-refractivity contribution in [2.24, 2.45) is 0 Å². The SMILES string of the molecule is c1ccc(-c2cc(-c3cc(-c4ccc5cc(-c6cccc7c6oc6ccccc67)ccc5c4)nc(-c4ccccc4)n3)c3ccccc3c2)cc1. The highest BCUT2D eigenvalue weighted by Crippen LogP contribution is 2.39. The van der Waals surface area contributed by atoms with Gasteiger partial charge >= 0.3 is 0 Å². The summed E-state index contributed by atoms with van der Waals surface area (Å²) in [6, 6.07) is 63.9. The molecule has 10 rings (SSSR count). The molecule has 0 radical (unpaired) electrons. The molecule has 2 aromatic heterocycles. The van der Waals surface area contributed by atoms with Crippen molar-refractivity contribution in [3.8, 4) is 56.2 Å². The number of benzene rings is 8. The zero-order chi connectivity index (χ0) is 33.7. The molecule has 10 aromatic rings. The van der Waals surface area contributed by atoms with Crippen LogP contribution in [0, 0.1) is 0 Å². The Kier molecular flexibility index (Phi) is 6.81. The van der Waals surface area contributed by atoms with Gasteiger partial charge in [-0.05, 0) is 74.6 Å². The summed E-state index contributed by atoms with van der Waals surface area (Å²) in [5.41, 5.74) is 11.2. The monoisotopic (exact) mass is 650 g/mol. The minimum absolute atomic E-state index is 0.701. The molecular weight excluding hydrogens is 621 g/mol. The molecule has 0 amide bonds. The lowest BCUT2D eigenvalue weighted by Crippen LogP contribution is -1.97. The first kappa shape index (κ1) is 29.1. The smallest absolute Gasteiger partial charge is 0.160 e. The molecule has 238 valence electrons. The van der Waals surface area contributed by atoms with Crippen LogP contribution >= 0.6 is 0 Å². The maximum Gasteiger partial charge on any atom is 0.160 e. The molecule has 0 fully saturated rings. The number of fused-ring (bicyclic) bond motifs is 5. The maximum atomic E-state index is 6.37. The van der Waals surface area contributed by atoms with Crippen LogP contribution in [0.15, 0.2) is 186 Å². The second-order valence-electron chi connectivity index (χ2n) is 13.0. The van der Waals surface area contributed by atoms with Crippen LogP contribution in [0.5, 0.6) is 0 Å². The quantitative estimate of drug-likeness (QED) is 0.186. The van der Waals surface area contributed by atoms with Gasteiger partial charge in [0.15, 0.2) is 5.82 Å². The average molecular weight is 651 g/mol. The molecule has 0 spiro atoms. The molecule has 51 heavy (non-hydrogen) atoms. The summed E-state index contributed by atoms with van der Waals surface area (Å²) in [6.07, 6.45) is 0. The van der Waals surface area contributed by atoms with Crippen molar-refractivity contribution >= 4 is 43.5 Å². The molecule has 3 heteroatoms. The first-order valence-electron chi connectivity index (χ1n) is 17.2. The summed E-state index contributed by atoms with van der Waals surface area (Å²) >= 11 is 0. The molecule has 3 nitrogen and oxygen atoms in total. The zero-order valence-electron chi connectivity index (χ0n) is 27.6. The molecule has 8 aromatic carbocycles. The fourth-order valence-electron chi connectivity index (χ4n) is 7.32. The van der Waals surface area contributed by atoms with Crippen LogP contribution in [0.25, 0.3) is 99.6 Å². The van der Waals surface area contributed by atoms with Gasteiger partial charge in [0.2, 0.25) is 0 Å². The standard InChI is InChI=1S/C48H30N2O/c1-3-12-31(13-4-1)38-28-35-16-7-8-17-39(35)43(29-38)45-30-44(49-48(50-45)32-14-5-2-6-15-32)37-25-23-33-26-36(24-22-34(33)27-37)40-19-11-20-42-41-18-9-10-21-46(41)51-47(40)42/h1-30H. The second kappa shape index (κ2) is 11.9. The number of nitrogens with zero attached hydrogens (tertiary/aromatic N) is 2. The van der Waals surface area contributed by atoms with Crippen molar-refractivity contribution in [2.75, 3.05) is 0 Å². The van der Waals surface area contributed by atoms with Crippen molar-refractivity contribution in [3.05, 3.63) is 182 Å². The Morgan fingerprint density at radius 1 is 0.333 bits per heavy atom. The van der Waals surface area contributed by atoms with E-state index in [9.17, 15) is 0 Å². The Morgan fingerprint density at radius 2 is 0.961 bits per heavy atom. The van der Waals surface area contributed by atoms with E-state index in [1.807, 2.05) is 30.3 Å². The van der Waals surface area contributed by atoms with Gasteiger partial charge in [-0.3, -0.25) is 0 Å². The Morgan fingerprint density at radius 3 is 1.78 bits per heavy atom. The Hall–Kier alpha value is -6.84. The first-order valence-corrected chi connectivity index (χ1v) is 17.2. The highest BCUT2D eigenvalue weighted by molar-refractivity contribution is 6.10. The van der Waals surface area contributed by atoms with Crippen LogP contribution in [0.3, 0.4) is 0 Å². The fourth-order valence-corrected chi connectivity index (χ4v) is 7.32. The van der Waals surface area contributed by atoms with Crippen molar-refractivity contribution in [1.29, 1.82) is 0 Å². The van der Waals surface area contributed by atoms with Crippen LogP contribution in [0.1, 0.15) is 0 Å². The molecule has 0 aliphatic carbocycles. The predicted octanol–water partition coefficient (Wildman–Crippen LogP) is 13.0. The van der Waals surface area contributed by atoms with Crippen LogP contribution in [-0.4, -0.2) is 9.97 Å². The largest absolute Gasteiger partial charge is 0.455 e. The fraction of sp³-hybridized carbons (Fsp3) is 0. The van der Waals surface area contributed by atoms with E-state index < -0.39 is 0 Å². The number of furan rings is 1. The van der Waals surface area contributed by atoms with Gasteiger partial charge in [0.25, 0.3) is 0 Å². The van der Waals surface area contributed by atoms with Crippen LogP contribution in [0.4, 0.5) is 0 Å². The van der Waals surface area contributed by atoms with E-state index in [-0.39, 0.29) is 0 Å². The van der Waals surface area contributed by atoms with Gasteiger partial charge in [-0.1, -0.05) is 146 Å². The van der Waals surface area contributed by atoms with Crippen molar-refractivity contribution in [2.45, 2.75) is 0 Å². The lowest BCUT2D eigenvalue weighted by atomic mass is 9.94. The van der Waals surface area contributed by atoms with E-state index in [2.05, 4.69) is 152 Å². The minimum Gasteiger partial charge on any atom is -0.455 e. The van der Waals surface area contributed by atoms with E-state index in [4.69, 9.17) is 14.4 Å². The van der Waals surface area contributed by atoms with Crippen LogP contribution < -0.4 is 0 Å². The third-order valence-corrected chi connectivity index (χ3v) is 9.85. The lowest BCUT2D eigenvalue weighted by Gasteiger charge is -2.14.